The summed E-state index contributed by atoms with van der Waals surface area (Å²) in [6, 6.07) is 10.8. The molecule has 8 heteroatoms. The molecule has 1 N–H and O–H groups in total. The SMILES string of the molecule is COc1cc(/C=C/C(=O)C=C(O)/C=C/c2ccc(OC3CCCCO3)c(OC)c2)ccc1OC1CCCCO1. The fourth-order valence-corrected chi connectivity index (χ4v) is 4.26. The maximum absolute atomic E-state index is 12.4. The third-order valence-electron chi connectivity index (χ3n) is 6.34. The van der Waals surface area contributed by atoms with E-state index in [1.165, 1.54) is 12.2 Å². The minimum absolute atomic E-state index is 0.173. The van der Waals surface area contributed by atoms with E-state index in [0.717, 1.165) is 55.7 Å². The largest absolute Gasteiger partial charge is 0.508 e. The third kappa shape index (κ3) is 8.63. The smallest absolute Gasteiger partial charge is 0.200 e. The van der Waals surface area contributed by atoms with Gasteiger partial charge >= 0.3 is 0 Å². The molecule has 0 radical (unpaired) electrons. The van der Waals surface area contributed by atoms with Crippen LogP contribution in [0.3, 0.4) is 0 Å². The highest BCUT2D eigenvalue weighted by Crippen LogP contribution is 2.32. The molecule has 8 nitrogen and oxygen atoms in total. The van der Waals surface area contributed by atoms with E-state index < -0.39 is 0 Å². The second kappa shape index (κ2) is 14.4. The van der Waals surface area contributed by atoms with Crippen LogP contribution in [0, 0.1) is 0 Å². The van der Waals surface area contributed by atoms with E-state index in [9.17, 15) is 9.90 Å². The van der Waals surface area contributed by atoms with Gasteiger partial charge in [-0.05, 0) is 73.2 Å². The van der Waals surface area contributed by atoms with Crippen molar-refractivity contribution in [3.05, 3.63) is 71.5 Å². The van der Waals surface area contributed by atoms with Crippen LogP contribution in [0.5, 0.6) is 23.0 Å². The van der Waals surface area contributed by atoms with Gasteiger partial charge in [0.1, 0.15) is 5.76 Å². The minimum atomic E-state index is -0.360. The van der Waals surface area contributed by atoms with Crippen LogP contribution in [0.25, 0.3) is 12.2 Å². The normalized spacial score (nSPS) is 20.2. The van der Waals surface area contributed by atoms with E-state index in [2.05, 4.69) is 0 Å². The van der Waals surface area contributed by atoms with E-state index in [-0.39, 0.29) is 24.1 Å². The van der Waals surface area contributed by atoms with Crippen LogP contribution in [0.2, 0.25) is 0 Å². The van der Waals surface area contributed by atoms with E-state index >= 15 is 0 Å². The van der Waals surface area contributed by atoms with Crippen molar-refractivity contribution >= 4 is 17.9 Å². The predicted molar refractivity (Wildman–Crippen MR) is 148 cm³/mol. The van der Waals surface area contributed by atoms with Crippen molar-refractivity contribution in [2.24, 2.45) is 0 Å². The summed E-state index contributed by atoms with van der Waals surface area (Å²) in [6.07, 6.45) is 12.7. The number of carbonyl (C=O) groups excluding carboxylic acids is 1. The van der Waals surface area contributed by atoms with Gasteiger partial charge in [0.25, 0.3) is 0 Å². The molecule has 2 aliphatic heterocycles. The van der Waals surface area contributed by atoms with Gasteiger partial charge < -0.3 is 33.5 Å². The van der Waals surface area contributed by atoms with Crippen molar-refractivity contribution in [1.82, 2.24) is 0 Å². The van der Waals surface area contributed by atoms with Gasteiger partial charge in [0.2, 0.25) is 0 Å². The average Bonchev–Trinajstić information content (AvgIpc) is 2.97. The molecule has 2 unspecified atom stereocenters. The summed E-state index contributed by atoms with van der Waals surface area (Å²) in [6.45, 7) is 1.39. The van der Waals surface area contributed by atoms with Crippen molar-refractivity contribution in [2.75, 3.05) is 27.4 Å². The number of hydrogen-bond acceptors (Lipinski definition) is 8. The molecule has 0 bridgehead atoms. The Morgan fingerprint density at radius 2 is 1.28 bits per heavy atom. The Kier molecular flexibility index (Phi) is 10.4. The first-order valence-electron chi connectivity index (χ1n) is 13.3. The van der Waals surface area contributed by atoms with E-state index in [4.69, 9.17) is 28.4 Å². The summed E-state index contributed by atoms with van der Waals surface area (Å²) in [5.41, 5.74) is 1.54. The maximum Gasteiger partial charge on any atom is 0.200 e. The molecular weight excluding hydrogens is 500 g/mol. The molecule has 0 saturated carbocycles. The topological polar surface area (TPSA) is 92.7 Å². The fourth-order valence-electron chi connectivity index (χ4n) is 4.26. The first-order chi connectivity index (χ1) is 19.0. The second-order valence-electron chi connectivity index (χ2n) is 9.29. The van der Waals surface area contributed by atoms with Crippen LogP contribution in [0.15, 0.2) is 60.4 Å². The zero-order valence-corrected chi connectivity index (χ0v) is 22.5. The zero-order chi connectivity index (χ0) is 27.5. The summed E-state index contributed by atoms with van der Waals surface area (Å²) in [5, 5.41) is 10.2. The Bertz CT molecular complexity index is 1190. The first-order valence-corrected chi connectivity index (χ1v) is 13.3. The Balaban J connectivity index is 1.34. The molecule has 2 aromatic rings. The van der Waals surface area contributed by atoms with E-state index in [0.29, 0.717) is 36.2 Å². The number of allylic oxidation sites excluding steroid dienone is 3. The molecule has 0 spiro atoms. The second-order valence-corrected chi connectivity index (χ2v) is 9.29. The summed E-state index contributed by atoms with van der Waals surface area (Å²) in [5.74, 6) is 1.77. The van der Waals surface area contributed by atoms with Crippen molar-refractivity contribution in [2.45, 2.75) is 51.1 Å². The number of carbonyl (C=O) groups is 1. The molecule has 2 aromatic carbocycles. The first kappa shape index (κ1) is 28.3. The van der Waals surface area contributed by atoms with Gasteiger partial charge in [0.15, 0.2) is 41.4 Å². The van der Waals surface area contributed by atoms with Crippen LogP contribution >= 0.6 is 0 Å². The molecule has 208 valence electrons. The fraction of sp³-hybridized carbons (Fsp3) is 0.387. The Hall–Kier alpha value is -3.75. The highest BCUT2D eigenvalue weighted by molar-refractivity contribution is 6.02. The van der Waals surface area contributed by atoms with Gasteiger partial charge in [-0.15, -0.1) is 0 Å². The molecule has 2 fully saturated rings. The van der Waals surface area contributed by atoms with Gasteiger partial charge in [-0.25, -0.2) is 0 Å². The molecule has 4 rings (SSSR count). The number of methoxy groups -OCH3 is 2. The van der Waals surface area contributed by atoms with Crippen LogP contribution in [-0.4, -0.2) is 50.9 Å². The highest BCUT2D eigenvalue weighted by Gasteiger charge is 2.18. The van der Waals surface area contributed by atoms with E-state index in [1.54, 1.807) is 50.6 Å². The average molecular weight is 537 g/mol. The Morgan fingerprint density at radius 3 is 1.74 bits per heavy atom. The van der Waals surface area contributed by atoms with Crippen molar-refractivity contribution in [1.29, 1.82) is 0 Å². The van der Waals surface area contributed by atoms with Crippen LogP contribution in [0.1, 0.15) is 49.7 Å². The van der Waals surface area contributed by atoms with E-state index in [1.807, 2.05) is 12.1 Å². The van der Waals surface area contributed by atoms with Gasteiger partial charge in [-0.3, -0.25) is 4.79 Å². The van der Waals surface area contributed by atoms with Crippen molar-refractivity contribution in [3.8, 4) is 23.0 Å². The Morgan fingerprint density at radius 1 is 0.769 bits per heavy atom. The highest BCUT2D eigenvalue weighted by atomic mass is 16.7. The molecular formula is C31H36O8. The number of benzene rings is 2. The summed E-state index contributed by atoms with van der Waals surface area (Å²) in [7, 11) is 3.14. The number of aliphatic hydroxyl groups excluding tert-OH is 1. The van der Waals surface area contributed by atoms with Gasteiger partial charge in [-0.1, -0.05) is 24.3 Å². The third-order valence-corrected chi connectivity index (χ3v) is 6.34. The number of hydrogen-bond donors (Lipinski definition) is 1. The number of aliphatic hydroxyl groups is 1. The van der Waals surface area contributed by atoms with Crippen LogP contribution < -0.4 is 18.9 Å². The number of rotatable bonds is 11. The lowest BCUT2D eigenvalue weighted by molar-refractivity contribution is -0.110. The lowest BCUT2D eigenvalue weighted by Crippen LogP contribution is -2.25. The van der Waals surface area contributed by atoms with Crippen LogP contribution in [0.4, 0.5) is 0 Å². The molecule has 2 heterocycles. The van der Waals surface area contributed by atoms with Crippen molar-refractivity contribution < 1.29 is 38.3 Å². The molecule has 0 aromatic heterocycles. The molecule has 2 aliphatic rings. The van der Waals surface area contributed by atoms with Crippen molar-refractivity contribution in [3.63, 3.8) is 0 Å². The summed E-state index contributed by atoms with van der Waals surface area (Å²) >= 11 is 0. The monoisotopic (exact) mass is 536 g/mol. The lowest BCUT2D eigenvalue weighted by Gasteiger charge is -2.24. The van der Waals surface area contributed by atoms with Gasteiger partial charge in [-0.2, -0.15) is 0 Å². The predicted octanol–water partition coefficient (Wildman–Crippen LogP) is 6.25. The quantitative estimate of drug-likeness (QED) is 0.205. The number of ether oxygens (including phenoxy) is 6. The van der Waals surface area contributed by atoms with Gasteiger partial charge in [0, 0.05) is 18.9 Å². The zero-order valence-electron chi connectivity index (χ0n) is 22.5. The standard InChI is InChI=1S/C31H36O8/c1-34-28-19-22(11-15-26(28)38-30-7-3-5-17-36-30)9-13-24(32)21-25(33)14-10-23-12-16-27(29(20-23)35-2)39-31-8-4-6-18-37-31/h9-16,19-21,30-32H,3-8,17-18H2,1-2H3/b13-9+,14-10+,24-21?. The molecule has 39 heavy (non-hydrogen) atoms. The molecule has 0 aliphatic carbocycles. The maximum atomic E-state index is 12.4. The summed E-state index contributed by atoms with van der Waals surface area (Å²) in [4.78, 5) is 12.4. The minimum Gasteiger partial charge on any atom is -0.508 e. The number of ketones is 1. The lowest BCUT2D eigenvalue weighted by atomic mass is 10.1. The van der Waals surface area contributed by atoms with Crippen LogP contribution in [-0.2, 0) is 14.3 Å². The molecule has 2 saturated heterocycles. The molecule has 2 atom stereocenters. The Labute approximate surface area is 229 Å². The van der Waals surface area contributed by atoms with Gasteiger partial charge in [0.05, 0.1) is 27.4 Å². The molecule has 0 amide bonds. The summed E-state index contributed by atoms with van der Waals surface area (Å²) < 4.78 is 34.0.